The van der Waals surface area contributed by atoms with E-state index in [9.17, 15) is 4.79 Å². The number of amides is 1. The zero-order valence-electron chi connectivity index (χ0n) is 8.84. The lowest BCUT2D eigenvalue weighted by Crippen LogP contribution is -2.30. The first-order valence-electron chi connectivity index (χ1n) is 4.94. The van der Waals surface area contributed by atoms with Crippen LogP contribution in [0.25, 0.3) is 0 Å². The second-order valence-corrected chi connectivity index (χ2v) is 3.08. The van der Waals surface area contributed by atoms with Crippen LogP contribution in [0, 0.1) is 0 Å². The van der Waals surface area contributed by atoms with Crippen LogP contribution >= 0.6 is 0 Å². The van der Waals surface area contributed by atoms with E-state index in [4.69, 9.17) is 10.5 Å². The van der Waals surface area contributed by atoms with Crippen LogP contribution in [-0.2, 0) is 9.53 Å². The molecule has 14 heavy (non-hydrogen) atoms. The zero-order valence-corrected chi connectivity index (χ0v) is 8.84. The number of hydrogen-bond acceptors (Lipinski definition) is 3. The summed E-state index contributed by atoms with van der Waals surface area (Å²) >= 11 is 0. The molecule has 1 rings (SSSR count). The molecule has 0 aromatic heterocycles. The lowest BCUT2D eigenvalue weighted by molar-refractivity contribution is -0.114. The van der Waals surface area contributed by atoms with Gasteiger partial charge in [-0.25, -0.2) is 0 Å². The Kier molecular flexibility index (Phi) is 8.17. The molecule has 4 heteroatoms. The van der Waals surface area contributed by atoms with E-state index in [0.29, 0.717) is 5.57 Å². The standard InChI is InChI=1S/C6H11NO.C4H9NO/c1-3-4-5(2)6(7)8;1-3-6-4-2-5-1/h2-4H2,1H3,(H2,7,8);5H,1-4H2. The summed E-state index contributed by atoms with van der Waals surface area (Å²) in [6.07, 6.45) is 1.65. The molecule has 0 spiro atoms. The summed E-state index contributed by atoms with van der Waals surface area (Å²) in [6.45, 7) is 9.28. The molecule has 0 aromatic rings. The molecule has 0 unspecified atom stereocenters. The molecular formula is C10H20N2O2. The number of nitrogens with two attached hydrogens (primary N) is 1. The number of primary amides is 1. The summed E-state index contributed by atoms with van der Waals surface area (Å²) in [5.74, 6) is -0.383. The lowest BCUT2D eigenvalue weighted by atomic mass is 10.2. The summed E-state index contributed by atoms with van der Waals surface area (Å²) in [4.78, 5) is 10.2. The fourth-order valence-electron chi connectivity index (χ4n) is 0.941. The van der Waals surface area contributed by atoms with Gasteiger partial charge in [-0.3, -0.25) is 4.79 Å². The first-order valence-corrected chi connectivity index (χ1v) is 4.94. The second kappa shape index (κ2) is 8.72. The molecule has 0 aromatic carbocycles. The molecule has 1 heterocycles. The summed E-state index contributed by atoms with van der Waals surface area (Å²) in [5.41, 5.74) is 5.40. The smallest absolute Gasteiger partial charge is 0.244 e. The van der Waals surface area contributed by atoms with Crippen molar-refractivity contribution < 1.29 is 9.53 Å². The van der Waals surface area contributed by atoms with Crippen LogP contribution in [0.1, 0.15) is 19.8 Å². The largest absolute Gasteiger partial charge is 0.379 e. The van der Waals surface area contributed by atoms with E-state index in [2.05, 4.69) is 11.9 Å². The third-order valence-corrected chi connectivity index (χ3v) is 1.75. The van der Waals surface area contributed by atoms with Crippen molar-refractivity contribution in [2.24, 2.45) is 5.73 Å². The van der Waals surface area contributed by atoms with Crippen LogP contribution in [0.3, 0.4) is 0 Å². The summed E-state index contributed by atoms with van der Waals surface area (Å²) in [6, 6.07) is 0. The van der Waals surface area contributed by atoms with Gasteiger partial charge in [0, 0.05) is 18.7 Å². The number of hydrogen-bond donors (Lipinski definition) is 2. The SMILES string of the molecule is C1COCCN1.C=C(CCC)C(N)=O. The highest BCUT2D eigenvalue weighted by atomic mass is 16.5. The van der Waals surface area contributed by atoms with Gasteiger partial charge in [-0.1, -0.05) is 19.9 Å². The van der Waals surface area contributed by atoms with Crippen LogP contribution in [-0.4, -0.2) is 32.2 Å². The molecule has 0 aliphatic carbocycles. The molecule has 82 valence electrons. The Balaban J connectivity index is 0.000000249. The van der Waals surface area contributed by atoms with Crippen LogP contribution in [0.2, 0.25) is 0 Å². The van der Waals surface area contributed by atoms with Gasteiger partial charge in [0.25, 0.3) is 0 Å². The van der Waals surface area contributed by atoms with Crippen LogP contribution in [0.5, 0.6) is 0 Å². The molecule has 0 atom stereocenters. The third-order valence-electron chi connectivity index (χ3n) is 1.75. The average Bonchev–Trinajstić information content (AvgIpc) is 2.21. The van der Waals surface area contributed by atoms with Crippen LogP contribution in [0.4, 0.5) is 0 Å². The minimum atomic E-state index is -0.383. The molecule has 0 bridgehead atoms. The number of morpholine rings is 1. The quantitative estimate of drug-likeness (QED) is 0.649. The van der Waals surface area contributed by atoms with E-state index in [0.717, 1.165) is 39.1 Å². The monoisotopic (exact) mass is 200 g/mol. The topological polar surface area (TPSA) is 64.3 Å². The Labute approximate surface area is 85.5 Å². The van der Waals surface area contributed by atoms with Crippen molar-refractivity contribution >= 4 is 5.91 Å². The summed E-state index contributed by atoms with van der Waals surface area (Å²) in [5, 5.41) is 3.16. The molecule has 1 fully saturated rings. The van der Waals surface area contributed by atoms with Gasteiger partial charge in [-0.2, -0.15) is 0 Å². The number of rotatable bonds is 3. The molecule has 1 saturated heterocycles. The van der Waals surface area contributed by atoms with E-state index < -0.39 is 0 Å². The molecule has 1 aliphatic rings. The maximum absolute atomic E-state index is 10.2. The third kappa shape index (κ3) is 7.76. The van der Waals surface area contributed by atoms with Crippen LogP contribution in [0.15, 0.2) is 12.2 Å². The Hall–Kier alpha value is -0.870. The summed E-state index contributed by atoms with van der Waals surface area (Å²) < 4.78 is 5.01. The van der Waals surface area contributed by atoms with Gasteiger partial charge in [-0.15, -0.1) is 0 Å². The van der Waals surface area contributed by atoms with Crippen molar-refractivity contribution in [2.75, 3.05) is 26.3 Å². The van der Waals surface area contributed by atoms with Crippen molar-refractivity contribution in [1.82, 2.24) is 5.32 Å². The van der Waals surface area contributed by atoms with Gasteiger partial charge >= 0.3 is 0 Å². The molecule has 1 aliphatic heterocycles. The Bertz CT molecular complexity index is 165. The number of ether oxygens (including phenoxy) is 1. The Morgan fingerprint density at radius 1 is 1.50 bits per heavy atom. The van der Waals surface area contributed by atoms with Gasteiger partial charge in [-0.05, 0) is 6.42 Å². The minimum Gasteiger partial charge on any atom is -0.379 e. The molecular weight excluding hydrogens is 180 g/mol. The van der Waals surface area contributed by atoms with Crippen molar-refractivity contribution in [3.63, 3.8) is 0 Å². The van der Waals surface area contributed by atoms with Crippen molar-refractivity contribution in [2.45, 2.75) is 19.8 Å². The molecule has 1 amide bonds. The highest BCUT2D eigenvalue weighted by molar-refractivity contribution is 5.91. The zero-order chi connectivity index (χ0) is 10.8. The van der Waals surface area contributed by atoms with Gasteiger partial charge in [0.2, 0.25) is 5.91 Å². The van der Waals surface area contributed by atoms with Gasteiger partial charge in [0.15, 0.2) is 0 Å². The molecule has 0 radical (unpaired) electrons. The maximum atomic E-state index is 10.2. The van der Waals surface area contributed by atoms with Crippen molar-refractivity contribution in [3.8, 4) is 0 Å². The first-order chi connectivity index (χ1) is 6.68. The van der Waals surface area contributed by atoms with Gasteiger partial charge < -0.3 is 15.8 Å². The maximum Gasteiger partial charge on any atom is 0.244 e. The number of carbonyl (C=O) groups excluding carboxylic acids is 1. The van der Waals surface area contributed by atoms with E-state index in [-0.39, 0.29) is 5.91 Å². The van der Waals surface area contributed by atoms with E-state index >= 15 is 0 Å². The molecule has 4 nitrogen and oxygen atoms in total. The lowest BCUT2D eigenvalue weighted by Gasteiger charge is -2.10. The van der Waals surface area contributed by atoms with Crippen molar-refractivity contribution in [1.29, 1.82) is 0 Å². The average molecular weight is 200 g/mol. The predicted octanol–water partition coefficient (Wildman–Crippen LogP) is 0.434. The molecule has 0 saturated carbocycles. The van der Waals surface area contributed by atoms with Crippen LogP contribution < -0.4 is 11.1 Å². The molecule has 3 N–H and O–H groups in total. The second-order valence-electron chi connectivity index (χ2n) is 3.08. The highest BCUT2D eigenvalue weighted by Crippen LogP contribution is 1.98. The number of carbonyl (C=O) groups is 1. The Morgan fingerprint density at radius 3 is 2.21 bits per heavy atom. The first kappa shape index (κ1) is 13.1. The predicted molar refractivity (Wildman–Crippen MR) is 56.9 cm³/mol. The van der Waals surface area contributed by atoms with Gasteiger partial charge in [0.05, 0.1) is 13.2 Å². The fourth-order valence-corrected chi connectivity index (χ4v) is 0.941. The summed E-state index contributed by atoms with van der Waals surface area (Å²) in [7, 11) is 0. The normalized spacial score (nSPS) is 15.2. The van der Waals surface area contributed by atoms with E-state index in [1.54, 1.807) is 0 Å². The Morgan fingerprint density at radius 2 is 2.07 bits per heavy atom. The van der Waals surface area contributed by atoms with Gasteiger partial charge in [0.1, 0.15) is 0 Å². The highest BCUT2D eigenvalue weighted by Gasteiger charge is 1.96. The van der Waals surface area contributed by atoms with Crippen molar-refractivity contribution in [3.05, 3.63) is 12.2 Å². The fraction of sp³-hybridized carbons (Fsp3) is 0.700. The van der Waals surface area contributed by atoms with E-state index in [1.807, 2.05) is 6.92 Å². The minimum absolute atomic E-state index is 0.383. The van der Waals surface area contributed by atoms with E-state index in [1.165, 1.54) is 0 Å². The number of nitrogens with one attached hydrogen (secondary N) is 1.